The Balaban J connectivity index is 2.19. The Morgan fingerprint density at radius 2 is 2.05 bits per heavy atom. The van der Waals surface area contributed by atoms with E-state index in [1.165, 1.54) is 11.8 Å². The molecule has 0 spiro atoms. The molecule has 1 N–H and O–H groups in total. The molecule has 0 atom stereocenters. The first-order valence-corrected chi connectivity index (χ1v) is 8.06. The number of para-hydroxylation sites is 1. The third-order valence-electron chi connectivity index (χ3n) is 2.56. The van der Waals surface area contributed by atoms with Crippen molar-refractivity contribution in [2.24, 2.45) is 0 Å². The van der Waals surface area contributed by atoms with Crippen molar-refractivity contribution in [1.29, 1.82) is 0 Å². The lowest BCUT2D eigenvalue weighted by atomic mass is 10.2. The van der Waals surface area contributed by atoms with Gasteiger partial charge in [0.1, 0.15) is 0 Å². The summed E-state index contributed by atoms with van der Waals surface area (Å²) in [4.78, 5) is 16.6. The van der Waals surface area contributed by atoms with E-state index in [0.717, 1.165) is 5.03 Å². The van der Waals surface area contributed by atoms with Crippen LogP contribution in [0.1, 0.15) is 10.4 Å². The molecule has 0 aliphatic rings. The van der Waals surface area contributed by atoms with Gasteiger partial charge in [-0.2, -0.15) is 8.78 Å². The lowest BCUT2D eigenvalue weighted by Gasteiger charge is -2.10. The molecule has 2 aromatic rings. The van der Waals surface area contributed by atoms with Gasteiger partial charge < -0.3 is 5.32 Å². The van der Waals surface area contributed by atoms with Gasteiger partial charge in [-0.25, -0.2) is 4.98 Å². The monoisotopic (exact) mass is 326 g/mol. The zero-order chi connectivity index (χ0) is 15.2. The molecule has 110 valence electrons. The second kappa shape index (κ2) is 7.42. The molecule has 0 unspecified atom stereocenters. The molecule has 1 amide bonds. The average molecular weight is 326 g/mol. The maximum atomic E-state index is 12.5. The van der Waals surface area contributed by atoms with Crippen LogP contribution in [-0.2, 0) is 0 Å². The standard InChI is InChI=1S/C14H12F2N2OS2/c1-20-12-8-9(6-7-17-12)13(19)18-10-4-2-3-5-11(10)21-14(15)16/h2-8,14H,1H3,(H,18,19). The SMILES string of the molecule is CSc1cc(C(=O)Nc2ccccc2SC(F)F)ccn1. The molecular formula is C14H12F2N2OS2. The number of hydrogen-bond donors (Lipinski definition) is 1. The van der Waals surface area contributed by atoms with Crippen molar-refractivity contribution in [2.75, 3.05) is 11.6 Å². The molecule has 21 heavy (non-hydrogen) atoms. The number of thioether (sulfide) groups is 2. The van der Waals surface area contributed by atoms with Crippen LogP contribution in [0.25, 0.3) is 0 Å². The van der Waals surface area contributed by atoms with Crippen molar-refractivity contribution in [3.05, 3.63) is 48.2 Å². The third kappa shape index (κ3) is 4.44. The molecule has 0 radical (unpaired) electrons. The molecule has 0 aliphatic heterocycles. The van der Waals surface area contributed by atoms with Gasteiger partial charge in [-0.15, -0.1) is 11.8 Å². The Hall–Kier alpha value is -1.60. The first-order valence-electron chi connectivity index (χ1n) is 5.95. The highest BCUT2D eigenvalue weighted by atomic mass is 32.2. The zero-order valence-electron chi connectivity index (χ0n) is 11.0. The van der Waals surface area contributed by atoms with E-state index in [1.54, 1.807) is 42.6 Å². The van der Waals surface area contributed by atoms with Gasteiger partial charge in [-0.1, -0.05) is 23.9 Å². The van der Waals surface area contributed by atoms with Gasteiger partial charge in [-0.3, -0.25) is 4.79 Å². The number of carbonyl (C=O) groups excluding carboxylic acids is 1. The fraction of sp³-hybridized carbons (Fsp3) is 0.143. The Morgan fingerprint density at radius 3 is 2.76 bits per heavy atom. The number of nitrogens with one attached hydrogen (secondary N) is 1. The van der Waals surface area contributed by atoms with E-state index >= 15 is 0 Å². The molecule has 0 saturated carbocycles. The maximum absolute atomic E-state index is 12.5. The molecule has 1 heterocycles. The van der Waals surface area contributed by atoms with E-state index < -0.39 is 5.76 Å². The second-order valence-electron chi connectivity index (χ2n) is 3.92. The number of aromatic nitrogens is 1. The maximum Gasteiger partial charge on any atom is 0.288 e. The van der Waals surface area contributed by atoms with Crippen molar-refractivity contribution >= 4 is 35.1 Å². The van der Waals surface area contributed by atoms with Gasteiger partial charge in [0.2, 0.25) is 0 Å². The highest BCUT2D eigenvalue weighted by Gasteiger charge is 2.13. The van der Waals surface area contributed by atoms with Crippen LogP contribution in [0.2, 0.25) is 0 Å². The molecule has 2 rings (SSSR count). The number of carbonyl (C=O) groups is 1. The molecular weight excluding hydrogens is 314 g/mol. The summed E-state index contributed by atoms with van der Waals surface area (Å²) in [6.45, 7) is 0. The second-order valence-corrected chi connectivity index (χ2v) is 5.77. The van der Waals surface area contributed by atoms with Crippen LogP contribution >= 0.6 is 23.5 Å². The normalized spacial score (nSPS) is 10.7. The third-order valence-corrected chi connectivity index (χ3v) is 3.99. The highest BCUT2D eigenvalue weighted by molar-refractivity contribution is 7.99. The van der Waals surface area contributed by atoms with Gasteiger partial charge in [0.15, 0.2) is 0 Å². The first kappa shape index (κ1) is 15.8. The molecule has 0 aliphatic carbocycles. The summed E-state index contributed by atoms with van der Waals surface area (Å²) in [6, 6.07) is 9.72. The quantitative estimate of drug-likeness (QED) is 0.829. The number of alkyl halides is 2. The lowest BCUT2D eigenvalue weighted by Crippen LogP contribution is -2.12. The van der Waals surface area contributed by atoms with Crippen LogP contribution in [0, 0.1) is 0 Å². The van der Waals surface area contributed by atoms with Crippen LogP contribution in [-0.4, -0.2) is 22.9 Å². The predicted molar refractivity (Wildman–Crippen MR) is 82.3 cm³/mol. The summed E-state index contributed by atoms with van der Waals surface area (Å²) in [5.41, 5.74) is 0.807. The van der Waals surface area contributed by atoms with E-state index in [9.17, 15) is 13.6 Å². The van der Waals surface area contributed by atoms with Gasteiger partial charge in [0.25, 0.3) is 11.7 Å². The molecule has 1 aromatic carbocycles. The van der Waals surface area contributed by atoms with Crippen LogP contribution in [0.15, 0.2) is 52.5 Å². The van der Waals surface area contributed by atoms with E-state index in [2.05, 4.69) is 10.3 Å². The molecule has 1 aromatic heterocycles. The lowest BCUT2D eigenvalue weighted by molar-refractivity contribution is 0.102. The van der Waals surface area contributed by atoms with Crippen molar-refractivity contribution < 1.29 is 13.6 Å². The highest BCUT2D eigenvalue weighted by Crippen LogP contribution is 2.31. The Bertz CT molecular complexity index is 638. The molecule has 0 saturated heterocycles. The fourth-order valence-electron chi connectivity index (χ4n) is 1.63. The largest absolute Gasteiger partial charge is 0.321 e. The van der Waals surface area contributed by atoms with Crippen molar-refractivity contribution in [3.8, 4) is 0 Å². The number of anilines is 1. The van der Waals surface area contributed by atoms with E-state index in [-0.39, 0.29) is 5.91 Å². The van der Waals surface area contributed by atoms with Gasteiger partial charge in [-0.05, 0) is 30.5 Å². The van der Waals surface area contributed by atoms with E-state index in [0.29, 0.717) is 27.9 Å². The number of hydrogen-bond acceptors (Lipinski definition) is 4. The summed E-state index contributed by atoms with van der Waals surface area (Å²) < 4.78 is 25.0. The number of rotatable bonds is 5. The molecule has 0 bridgehead atoms. The van der Waals surface area contributed by atoms with Crippen molar-refractivity contribution in [3.63, 3.8) is 0 Å². The van der Waals surface area contributed by atoms with Crippen LogP contribution in [0.3, 0.4) is 0 Å². The van der Waals surface area contributed by atoms with Crippen molar-refractivity contribution in [2.45, 2.75) is 15.7 Å². The Morgan fingerprint density at radius 1 is 1.29 bits per heavy atom. The summed E-state index contributed by atoms with van der Waals surface area (Å²) >= 11 is 1.83. The molecule has 0 fully saturated rings. The summed E-state index contributed by atoms with van der Waals surface area (Å²) in [5, 5.41) is 3.37. The smallest absolute Gasteiger partial charge is 0.288 e. The minimum atomic E-state index is -2.54. The average Bonchev–Trinajstić information content (AvgIpc) is 2.48. The van der Waals surface area contributed by atoms with Crippen LogP contribution in [0.4, 0.5) is 14.5 Å². The summed E-state index contributed by atoms with van der Waals surface area (Å²) in [7, 11) is 0. The number of pyridine rings is 1. The zero-order valence-corrected chi connectivity index (χ0v) is 12.7. The van der Waals surface area contributed by atoms with Crippen molar-refractivity contribution in [1.82, 2.24) is 4.98 Å². The van der Waals surface area contributed by atoms with Crippen LogP contribution in [0.5, 0.6) is 0 Å². The van der Waals surface area contributed by atoms with Gasteiger partial charge in [0.05, 0.1) is 10.7 Å². The first-order chi connectivity index (χ1) is 10.1. The predicted octanol–water partition coefficient (Wildman–Crippen LogP) is 4.37. The Labute approximate surface area is 129 Å². The summed E-state index contributed by atoms with van der Waals surface area (Å²) in [5.74, 6) is -2.89. The van der Waals surface area contributed by atoms with Gasteiger partial charge >= 0.3 is 0 Å². The molecule has 3 nitrogen and oxygen atoms in total. The summed E-state index contributed by atoms with van der Waals surface area (Å²) in [6.07, 6.45) is 3.40. The topological polar surface area (TPSA) is 42.0 Å². The van der Waals surface area contributed by atoms with E-state index in [4.69, 9.17) is 0 Å². The van der Waals surface area contributed by atoms with Gasteiger partial charge in [0, 0.05) is 16.7 Å². The number of amides is 1. The van der Waals surface area contributed by atoms with Crippen LogP contribution < -0.4 is 5.32 Å². The fourth-order valence-corrected chi connectivity index (χ4v) is 2.63. The minimum absolute atomic E-state index is 0.333. The Kier molecular flexibility index (Phi) is 5.58. The minimum Gasteiger partial charge on any atom is -0.321 e. The van der Waals surface area contributed by atoms with E-state index in [1.807, 2.05) is 6.26 Å². The number of nitrogens with zero attached hydrogens (tertiary/aromatic N) is 1. The number of benzene rings is 1. The molecule has 7 heteroatoms. The number of halogens is 2.